The molecule has 3 rings (SSSR count). The van der Waals surface area contributed by atoms with Gasteiger partial charge in [-0.15, -0.1) is 0 Å². The first-order chi connectivity index (χ1) is 9.36. The Morgan fingerprint density at radius 1 is 0.947 bits per heavy atom. The van der Waals surface area contributed by atoms with Gasteiger partial charge in [0.15, 0.2) is 0 Å². The first-order valence-corrected chi connectivity index (χ1v) is 6.51. The van der Waals surface area contributed by atoms with Gasteiger partial charge in [-0.1, -0.05) is 25.1 Å². The predicted molar refractivity (Wildman–Crippen MR) is 78.1 cm³/mol. The molecule has 0 aliphatic carbocycles. The smallest absolute Gasteiger partial charge is 0.113 e. The molecule has 3 aromatic rings. The lowest BCUT2D eigenvalue weighted by Crippen LogP contribution is -1.98. The van der Waals surface area contributed by atoms with E-state index in [0.29, 0.717) is 0 Å². The van der Waals surface area contributed by atoms with Gasteiger partial charge >= 0.3 is 0 Å². The fraction of sp³-hybridized carbons (Fsp3) is 0.200. The maximum atomic E-state index is 4.11. The molecular weight excluding hydrogens is 236 g/mol. The van der Waals surface area contributed by atoms with Crippen molar-refractivity contribution in [2.75, 3.05) is 11.9 Å². The monoisotopic (exact) mass is 252 g/mol. The number of H-pyrrole nitrogens is 1. The molecule has 96 valence electrons. The molecule has 0 amide bonds. The molecule has 0 radical (unpaired) electrons. The summed E-state index contributed by atoms with van der Waals surface area (Å²) in [6.45, 7) is 3.17. The van der Waals surface area contributed by atoms with Gasteiger partial charge in [-0.05, 0) is 41.8 Å². The van der Waals surface area contributed by atoms with Crippen molar-refractivity contribution in [3.8, 4) is 11.1 Å². The highest BCUT2D eigenvalue weighted by molar-refractivity contribution is 5.81. The second-order valence-electron chi connectivity index (χ2n) is 4.53. The summed E-state index contributed by atoms with van der Waals surface area (Å²) in [4.78, 5) is 0. The summed E-state index contributed by atoms with van der Waals surface area (Å²) in [6.07, 6.45) is 1.13. The lowest BCUT2D eigenvalue weighted by atomic mass is 10.0. The normalized spacial score (nSPS) is 10.8. The fourth-order valence-corrected chi connectivity index (χ4v) is 2.07. The maximum absolute atomic E-state index is 4.11. The molecule has 1 heterocycles. The highest BCUT2D eigenvalue weighted by atomic mass is 15.3. The van der Waals surface area contributed by atoms with Crippen molar-refractivity contribution < 1.29 is 0 Å². The Morgan fingerprint density at radius 3 is 2.47 bits per heavy atom. The second-order valence-corrected chi connectivity index (χ2v) is 4.53. The number of rotatable bonds is 4. The molecule has 2 N–H and O–H groups in total. The molecule has 0 saturated carbocycles. The third-order valence-electron chi connectivity index (χ3n) is 3.11. The van der Waals surface area contributed by atoms with Gasteiger partial charge in [-0.3, -0.25) is 0 Å². The standard InChI is InChI=1S/C15H16N4/c1-2-9-16-13-6-3-11(4-7-13)12-5-8-14-15(10-12)18-19-17-14/h3-8,10,16H,2,9H2,1H3,(H,17,18,19). The van der Waals surface area contributed by atoms with Crippen molar-refractivity contribution in [1.82, 2.24) is 15.4 Å². The summed E-state index contributed by atoms with van der Waals surface area (Å²) in [7, 11) is 0. The van der Waals surface area contributed by atoms with Crippen molar-refractivity contribution >= 4 is 16.7 Å². The molecule has 0 spiro atoms. The zero-order valence-corrected chi connectivity index (χ0v) is 10.9. The first kappa shape index (κ1) is 11.7. The van der Waals surface area contributed by atoms with Gasteiger partial charge in [0.1, 0.15) is 11.0 Å². The van der Waals surface area contributed by atoms with Crippen LogP contribution in [0.3, 0.4) is 0 Å². The third kappa shape index (κ3) is 2.42. The summed E-state index contributed by atoms with van der Waals surface area (Å²) < 4.78 is 0. The van der Waals surface area contributed by atoms with Gasteiger partial charge in [0.05, 0.1) is 0 Å². The van der Waals surface area contributed by atoms with E-state index in [4.69, 9.17) is 0 Å². The van der Waals surface area contributed by atoms with Gasteiger partial charge in [0.2, 0.25) is 0 Å². The average Bonchev–Trinajstić information content (AvgIpc) is 2.93. The molecule has 4 heteroatoms. The van der Waals surface area contributed by atoms with Crippen LogP contribution in [-0.2, 0) is 0 Å². The summed E-state index contributed by atoms with van der Waals surface area (Å²) in [5.41, 5.74) is 5.29. The Labute approximate surface area is 111 Å². The molecule has 0 unspecified atom stereocenters. The molecule has 0 aliphatic heterocycles. The fourth-order valence-electron chi connectivity index (χ4n) is 2.07. The van der Waals surface area contributed by atoms with Gasteiger partial charge in [-0.2, -0.15) is 15.4 Å². The average molecular weight is 252 g/mol. The molecule has 0 fully saturated rings. The van der Waals surface area contributed by atoms with Crippen LogP contribution in [0.2, 0.25) is 0 Å². The van der Waals surface area contributed by atoms with E-state index in [1.54, 1.807) is 0 Å². The largest absolute Gasteiger partial charge is 0.385 e. The van der Waals surface area contributed by atoms with Gasteiger partial charge in [0, 0.05) is 12.2 Å². The number of benzene rings is 2. The van der Waals surface area contributed by atoms with E-state index >= 15 is 0 Å². The Hall–Kier alpha value is -2.36. The Bertz CT molecular complexity index is 670. The number of nitrogens with zero attached hydrogens (tertiary/aromatic N) is 2. The number of aromatic nitrogens is 3. The Morgan fingerprint density at radius 2 is 1.68 bits per heavy atom. The van der Waals surface area contributed by atoms with E-state index in [2.05, 4.69) is 58.0 Å². The van der Waals surface area contributed by atoms with Gasteiger partial charge in [-0.25, -0.2) is 0 Å². The van der Waals surface area contributed by atoms with Crippen molar-refractivity contribution in [2.24, 2.45) is 0 Å². The highest BCUT2D eigenvalue weighted by Gasteiger charge is 2.02. The van der Waals surface area contributed by atoms with E-state index in [1.807, 2.05) is 12.1 Å². The number of anilines is 1. The van der Waals surface area contributed by atoms with Crippen LogP contribution in [0, 0.1) is 0 Å². The molecular formula is C15H16N4. The van der Waals surface area contributed by atoms with Crippen LogP contribution in [0.5, 0.6) is 0 Å². The van der Waals surface area contributed by atoms with Crippen LogP contribution in [0.1, 0.15) is 13.3 Å². The molecule has 1 aromatic heterocycles. The van der Waals surface area contributed by atoms with E-state index in [1.165, 1.54) is 5.56 Å². The van der Waals surface area contributed by atoms with Crippen LogP contribution < -0.4 is 5.32 Å². The zero-order valence-electron chi connectivity index (χ0n) is 10.9. The van der Waals surface area contributed by atoms with Gasteiger partial charge < -0.3 is 5.32 Å². The quantitative estimate of drug-likeness (QED) is 0.747. The van der Waals surface area contributed by atoms with Crippen LogP contribution in [0.25, 0.3) is 22.2 Å². The second kappa shape index (κ2) is 5.10. The summed E-state index contributed by atoms with van der Waals surface area (Å²) >= 11 is 0. The predicted octanol–water partition coefficient (Wildman–Crippen LogP) is 3.45. The molecule has 0 saturated heterocycles. The maximum Gasteiger partial charge on any atom is 0.113 e. The molecule has 0 aliphatic rings. The SMILES string of the molecule is CCCNc1ccc(-c2ccc3n[nH]nc3c2)cc1. The molecule has 0 bridgehead atoms. The number of nitrogens with one attached hydrogen (secondary N) is 2. The van der Waals surface area contributed by atoms with E-state index < -0.39 is 0 Å². The zero-order chi connectivity index (χ0) is 13.1. The number of aromatic amines is 1. The lowest BCUT2D eigenvalue weighted by Gasteiger charge is -2.06. The first-order valence-electron chi connectivity index (χ1n) is 6.51. The Balaban J connectivity index is 1.88. The lowest BCUT2D eigenvalue weighted by molar-refractivity contribution is 0.959. The van der Waals surface area contributed by atoms with Crippen LogP contribution >= 0.6 is 0 Å². The van der Waals surface area contributed by atoms with Crippen LogP contribution in [-0.4, -0.2) is 22.0 Å². The minimum atomic E-state index is 0.894. The van der Waals surface area contributed by atoms with Crippen LogP contribution in [0.15, 0.2) is 42.5 Å². The number of hydrogen-bond acceptors (Lipinski definition) is 3. The Kier molecular flexibility index (Phi) is 3.14. The summed E-state index contributed by atoms with van der Waals surface area (Å²) in [6, 6.07) is 14.6. The summed E-state index contributed by atoms with van der Waals surface area (Å²) in [5, 5.41) is 14.2. The molecule has 2 aromatic carbocycles. The minimum absolute atomic E-state index is 0.894. The van der Waals surface area contributed by atoms with E-state index in [-0.39, 0.29) is 0 Å². The van der Waals surface area contributed by atoms with Crippen molar-refractivity contribution in [1.29, 1.82) is 0 Å². The molecule has 4 nitrogen and oxygen atoms in total. The topological polar surface area (TPSA) is 53.6 Å². The third-order valence-corrected chi connectivity index (χ3v) is 3.11. The van der Waals surface area contributed by atoms with Gasteiger partial charge in [0.25, 0.3) is 0 Å². The van der Waals surface area contributed by atoms with Crippen molar-refractivity contribution in [3.63, 3.8) is 0 Å². The van der Waals surface area contributed by atoms with Crippen LogP contribution in [0.4, 0.5) is 5.69 Å². The highest BCUT2D eigenvalue weighted by Crippen LogP contribution is 2.23. The molecule has 0 atom stereocenters. The van der Waals surface area contributed by atoms with Crippen molar-refractivity contribution in [3.05, 3.63) is 42.5 Å². The number of hydrogen-bond donors (Lipinski definition) is 2. The number of fused-ring (bicyclic) bond motifs is 1. The van der Waals surface area contributed by atoms with E-state index in [0.717, 1.165) is 35.2 Å². The van der Waals surface area contributed by atoms with E-state index in [9.17, 15) is 0 Å². The minimum Gasteiger partial charge on any atom is -0.385 e. The summed E-state index contributed by atoms with van der Waals surface area (Å²) in [5.74, 6) is 0. The van der Waals surface area contributed by atoms with Crippen molar-refractivity contribution in [2.45, 2.75) is 13.3 Å². The molecule has 19 heavy (non-hydrogen) atoms.